The second-order valence-corrected chi connectivity index (χ2v) is 6.68. The average Bonchev–Trinajstić information content (AvgIpc) is 3.08. The zero-order valence-electron chi connectivity index (χ0n) is 14.5. The van der Waals surface area contributed by atoms with E-state index in [1.165, 1.54) is 28.1 Å². The highest BCUT2D eigenvalue weighted by molar-refractivity contribution is 5.75. The van der Waals surface area contributed by atoms with Crippen LogP contribution in [-0.4, -0.2) is 14.5 Å². The molecule has 3 nitrogen and oxygen atoms in total. The lowest BCUT2D eigenvalue weighted by Gasteiger charge is -2.22. The number of hydrogen-bond donors (Lipinski definition) is 0. The molecule has 0 unspecified atom stereocenters. The number of aryl methyl sites for hydroxylation is 1. The lowest BCUT2D eigenvalue weighted by atomic mass is 9.95. The summed E-state index contributed by atoms with van der Waals surface area (Å²) in [5, 5.41) is 0. The number of fused-ring (bicyclic) bond motifs is 3. The highest BCUT2D eigenvalue weighted by Crippen LogP contribution is 2.38. The summed E-state index contributed by atoms with van der Waals surface area (Å²) in [5.74, 6) is 0. The number of nitrogens with zero attached hydrogens (tertiary/aromatic N) is 3. The van der Waals surface area contributed by atoms with Crippen molar-refractivity contribution in [3.05, 3.63) is 95.9 Å². The van der Waals surface area contributed by atoms with Crippen molar-refractivity contribution in [2.24, 2.45) is 0 Å². The van der Waals surface area contributed by atoms with Crippen LogP contribution in [0.3, 0.4) is 0 Å². The molecule has 0 saturated heterocycles. The van der Waals surface area contributed by atoms with E-state index in [-0.39, 0.29) is 0 Å². The van der Waals surface area contributed by atoms with Gasteiger partial charge in [0.2, 0.25) is 0 Å². The van der Waals surface area contributed by atoms with Gasteiger partial charge in [-0.15, -0.1) is 0 Å². The standard InChI is InChI=1S/C23H19N3/c1-2-9-20-17(7-1)11-14-26-22(21-10-4-6-13-25-21)16-18(23(20)26)15-19-8-3-5-12-24-19/h1-10,12-13,16H,11,14-15H2. The summed E-state index contributed by atoms with van der Waals surface area (Å²) in [6.45, 7) is 0.987. The SMILES string of the molecule is c1ccc(Cc2cc(-c3ccccn3)n3c2-c2ccccc2CC3)nc1. The Morgan fingerprint density at radius 3 is 2.46 bits per heavy atom. The van der Waals surface area contributed by atoms with Crippen molar-refractivity contribution in [2.75, 3.05) is 0 Å². The van der Waals surface area contributed by atoms with E-state index in [1.807, 2.05) is 24.5 Å². The predicted molar refractivity (Wildman–Crippen MR) is 104 cm³/mol. The van der Waals surface area contributed by atoms with Gasteiger partial charge in [-0.05, 0) is 47.9 Å². The van der Waals surface area contributed by atoms with E-state index in [4.69, 9.17) is 0 Å². The summed E-state index contributed by atoms with van der Waals surface area (Å²) < 4.78 is 2.43. The Balaban J connectivity index is 1.71. The minimum atomic E-state index is 0.831. The zero-order valence-corrected chi connectivity index (χ0v) is 14.5. The molecule has 0 aliphatic carbocycles. The predicted octanol–water partition coefficient (Wildman–Crippen LogP) is 4.76. The van der Waals surface area contributed by atoms with Crippen molar-refractivity contribution >= 4 is 0 Å². The number of hydrogen-bond acceptors (Lipinski definition) is 2. The van der Waals surface area contributed by atoms with Gasteiger partial charge in [-0.2, -0.15) is 0 Å². The van der Waals surface area contributed by atoms with Gasteiger partial charge in [0, 0.05) is 36.6 Å². The van der Waals surface area contributed by atoms with Crippen molar-refractivity contribution in [1.82, 2.24) is 14.5 Å². The summed E-state index contributed by atoms with van der Waals surface area (Å²) in [7, 11) is 0. The fourth-order valence-electron chi connectivity index (χ4n) is 3.92. The smallest absolute Gasteiger partial charge is 0.0866 e. The van der Waals surface area contributed by atoms with Crippen molar-refractivity contribution in [1.29, 1.82) is 0 Å². The van der Waals surface area contributed by atoms with Gasteiger partial charge >= 0.3 is 0 Å². The average molecular weight is 337 g/mol. The third kappa shape index (κ3) is 2.53. The van der Waals surface area contributed by atoms with Crippen molar-refractivity contribution < 1.29 is 0 Å². The molecule has 4 aromatic rings. The Bertz CT molecular complexity index is 1050. The first-order valence-electron chi connectivity index (χ1n) is 9.02. The maximum Gasteiger partial charge on any atom is 0.0866 e. The summed E-state index contributed by atoms with van der Waals surface area (Å²) >= 11 is 0. The largest absolute Gasteiger partial charge is 0.339 e. The van der Waals surface area contributed by atoms with E-state index in [9.17, 15) is 0 Å². The molecule has 126 valence electrons. The van der Waals surface area contributed by atoms with Crippen LogP contribution in [0.25, 0.3) is 22.6 Å². The van der Waals surface area contributed by atoms with Gasteiger partial charge in [0.05, 0.1) is 17.1 Å². The molecule has 0 amide bonds. The van der Waals surface area contributed by atoms with Gasteiger partial charge in [-0.1, -0.05) is 36.4 Å². The molecule has 0 saturated carbocycles. The molecule has 0 radical (unpaired) electrons. The Morgan fingerprint density at radius 1 is 0.846 bits per heavy atom. The zero-order chi connectivity index (χ0) is 17.3. The summed E-state index contributed by atoms with van der Waals surface area (Å²) in [6.07, 6.45) is 5.62. The monoisotopic (exact) mass is 337 g/mol. The molecule has 0 atom stereocenters. The normalized spacial score (nSPS) is 12.5. The van der Waals surface area contributed by atoms with E-state index in [0.717, 1.165) is 30.8 Å². The third-order valence-electron chi connectivity index (χ3n) is 5.08. The molecular weight excluding hydrogens is 318 g/mol. The number of aromatic nitrogens is 3. The Hall–Kier alpha value is -3.20. The van der Waals surface area contributed by atoms with Gasteiger partial charge in [0.25, 0.3) is 0 Å². The van der Waals surface area contributed by atoms with Crippen molar-refractivity contribution in [2.45, 2.75) is 19.4 Å². The Labute approximate surface area is 153 Å². The van der Waals surface area contributed by atoms with Crippen LogP contribution in [0.4, 0.5) is 0 Å². The highest BCUT2D eigenvalue weighted by Gasteiger charge is 2.23. The number of benzene rings is 1. The third-order valence-corrected chi connectivity index (χ3v) is 5.08. The Kier molecular flexibility index (Phi) is 3.64. The van der Waals surface area contributed by atoms with Crippen LogP contribution >= 0.6 is 0 Å². The van der Waals surface area contributed by atoms with Crippen LogP contribution < -0.4 is 0 Å². The van der Waals surface area contributed by atoms with E-state index in [0.29, 0.717) is 0 Å². The van der Waals surface area contributed by atoms with E-state index in [1.54, 1.807) is 0 Å². The Morgan fingerprint density at radius 2 is 1.65 bits per heavy atom. The van der Waals surface area contributed by atoms with Crippen molar-refractivity contribution in [3.63, 3.8) is 0 Å². The van der Waals surface area contributed by atoms with Gasteiger partial charge < -0.3 is 4.57 Å². The first kappa shape index (κ1) is 15.1. The van der Waals surface area contributed by atoms with Crippen LogP contribution in [0.15, 0.2) is 79.1 Å². The number of pyridine rings is 2. The fraction of sp³-hybridized carbons (Fsp3) is 0.130. The first-order valence-corrected chi connectivity index (χ1v) is 9.02. The highest BCUT2D eigenvalue weighted by atomic mass is 15.0. The molecular formula is C23H19N3. The topological polar surface area (TPSA) is 30.7 Å². The van der Waals surface area contributed by atoms with Crippen LogP contribution in [0, 0.1) is 0 Å². The van der Waals surface area contributed by atoms with E-state index >= 15 is 0 Å². The minimum absolute atomic E-state index is 0.831. The number of rotatable bonds is 3. The molecule has 0 N–H and O–H groups in total. The lowest BCUT2D eigenvalue weighted by Crippen LogP contribution is -2.12. The maximum absolute atomic E-state index is 4.60. The molecule has 3 heteroatoms. The second-order valence-electron chi connectivity index (χ2n) is 6.68. The minimum Gasteiger partial charge on any atom is -0.339 e. The molecule has 5 rings (SSSR count). The van der Waals surface area contributed by atoms with Gasteiger partial charge in [-0.25, -0.2) is 0 Å². The molecule has 4 heterocycles. The van der Waals surface area contributed by atoms with Gasteiger partial charge in [0.15, 0.2) is 0 Å². The van der Waals surface area contributed by atoms with Crippen LogP contribution in [-0.2, 0) is 19.4 Å². The molecule has 1 aromatic carbocycles. The lowest BCUT2D eigenvalue weighted by molar-refractivity contribution is 0.692. The van der Waals surface area contributed by atoms with Crippen LogP contribution in [0.2, 0.25) is 0 Å². The summed E-state index contributed by atoms with van der Waals surface area (Å²) in [6, 6.07) is 23.3. The maximum atomic E-state index is 4.60. The first-order chi connectivity index (χ1) is 12.9. The second kappa shape index (κ2) is 6.26. The molecule has 0 bridgehead atoms. The van der Waals surface area contributed by atoms with E-state index in [2.05, 4.69) is 69.1 Å². The quantitative estimate of drug-likeness (QED) is 0.540. The molecule has 26 heavy (non-hydrogen) atoms. The van der Waals surface area contributed by atoms with Crippen LogP contribution in [0.5, 0.6) is 0 Å². The van der Waals surface area contributed by atoms with Gasteiger partial charge in [-0.3, -0.25) is 9.97 Å². The molecule has 1 aliphatic heterocycles. The fourth-order valence-corrected chi connectivity index (χ4v) is 3.92. The van der Waals surface area contributed by atoms with Gasteiger partial charge in [0.1, 0.15) is 0 Å². The molecule has 1 aliphatic rings. The summed E-state index contributed by atoms with van der Waals surface area (Å²) in [4.78, 5) is 9.13. The molecule has 3 aromatic heterocycles. The van der Waals surface area contributed by atoms with Crippen molar-refractivity contribution in [3.8, 4) is 22.6 Å². The molecule has 0 fully saturated rings. The van der Waals surface area contributed by atoms with E-state index < -0.39 is 0 Å². The van der Waals surface area contributed by atoms with Crippen LogP contribution in [0.1, 0.15) is 16.8 Å². The molecule has 0 spiro atoms. The summed E-state index contributed by atoms with van der Waals surface area (Å²) in [5.41, 5.74) is 8.72.